The van der Waals surface area contributed by atoms with Crippen molar-refractivity contribution in [2.75, 3.05) is 18.1 Å². The summed E-state index contributed by atoms with van der Waals surface area (Å²) >= 11 is 0. The molecule has 1 saturated heterocycles. The van der Waals surface area contributed by atoms with Crippen molar-refractivity contribution in [1.29, 1.82) is 0 Å². The minimum atomic E-state index is -0.276. The molecular formula is C13H14N2O3. The first-order chi connectivity index (χ1) is 8.74. The van der Waals surface area contributed by atoms with Crippen LogP contribution in [0, 0.1) is 0 Å². The number of aliphatic imine (C=N–C) groups is 1. The summed E-state index contributed by atoms with van der Waals surface area (Å²) in [5, 5.41) is 0. The molecule has 0 saturated carbocycles. The molecule has 1 aromatic carbocycles. The molecule has 1 amide bonds. The van der Waals surface area contributed by atoms with Gasteiger partial charge in [-0.2, -0.15) is 0 Å². The third-order valence-electron chi connectivity index (χ3n) is 2.80. The smallest absolute Gasteiger partial charge is 0.235 e. The van der Waals surface area contributed by atoms with Gasteiger partial charge in [0.15, 0.2) is 0 Å². The van der Waals surface area contributed by atoms with Gasteiger partial charge in [-0.3, -0.25) is 4.79 Å². The molecule has 0 aliphatic carbocycles. The summed E-state index contributed by atoms with van der Waals surface area (Å²) in [6.07, 6.45) is 1.77. The third kappa shape index (κ3) is 2.57. The quantitative estimate of drug-likeness (QED) is 0.598. The molecule has 94 valence electrons. The molecule has 1 aliphatic rings. The number of ether oxygens (including phenoxy) is 1. The number of nitrogens with zero attached hydrogens (tertiary/aromatic N) is 2. The molecule has 1 atom stereocenters. The van der Waals surface area contributed by atoms with Crippen LogP contribution in [0.25, 0.3) is 0 Å². The van der Waals surface area contributed by atoms with Crippen molar-refractivity contribution in [2.45, 2.75) is 19.4 Å². The summed E-state index contributed by atoms with van der Waals surface area (Å²) in [4.78, 5) is 27.2. The largest absolute Gasteiger partial charge is 0.494 e. The van der Waals surface area contributed by atoms with Crippen LogP contribution in [0.3, 0.4) is 0 Å². The maximum atomic E-state index is 11.8. The van der Waals surface area contributed by atoms with Crippen molar-refractivity contribution in [3.05, 3.63) is 24.3 Å². The molecule has 1 unspecified atom stereocenters. The highest BCUT2D eigenvalue weighted by molar-refractivity contribution is 5.96. The SMILES string of the molecule is CCOc1ccc(N2CC(N=C=O)CC2=O)cc1. The average Bonchev–Trinajstić information content (AvgIpc) is 2.72. The fourth-order valence-electron chi connectivity index (χ4n) is 1.99. The van der Waals surface area contributed by atoms with E-state index in [1.807, 2.05) is 31.2 Å². The highest BCUT2D eigenvalue weighted by Gasteiger charge is 2.30. The van der Waals surface area contributed by atoms with E-state index in [-0.39, 0.29) is 18.4 Å². The molecule has 1 aromatic rings. The number of benzene rings is 1. The molecule has 0 N–H and O–H groups in total. The molecule has 0 bridgehead atoms. The Labute approximate surface area is 105 Å². The topological polar surface area (TPSA) is 59.0 Å². The number of anilines is 1. The van der Waals surface area contributed by atoms with E-state index < -0.39 is 0 Å². The molecule has 0 spiro atoms. The maximum Gasteiger partial charge on any atom is 0.235 e. The summed E-state index contributed by atoms with van der Waals surface area (Å²) in [5.74, 6) is 0.749. The average molecular weight is 246 g/mol. The van der Waals surface area contributed by atoms with Crippen molar-refractivity contribution < 1.29 is 14.3 Å². The predicted molar refractivity (Wildman–Crippen MR) is 66.5 cm³/mol. The second-order valence-corrected chi connectivity index (χ2v) is 4.01. The van der Waals surface area contributed by atoms with Crippen LogP contribution in [-0.4, -0.2) is 31.2 Å². The van der Waals surface area contributed by atoms with Crippen LogP contribution in [0.15, 0.2) is 29.3 Å². The molecular weight excluding hydrogens is 232 g/mol. The van der Waals surface area contributed by atoms with Crippen LogP contribution in [-0.2, 0) is 9.59 Å². The van der Waals surface area contributed by atoms with Gasteiger partial charge in [0.05, 0.1) is 19.1 Å². The van der Waals surface area contributed by atoms with Gasteiger partial charge in [-0.1, -0.05) is 0 Å². The Morgan fingerprint density at radius 1 is 1.44 bits per heavy atom. The number of hydrogen-bond acceptors (Lipinski definition) is 4. The molecule has 2 rings (SSSR count). The first-order valence-corrected chi connectivity index (χ1v) is 5.84. The zero-order chi connectivity index (χ0) is 13.0. The van der Waals surface area contributed by atoms with Gasteiger partial charge in [0.25, 0.3) is 0 Å². The molecule has 5 nitrogen and oxygen atoms in total. The summed E-state index contributed by atoms with van der Waals surface area (Å²) in [5.41, 5.74) is 0.798. The summed E-state index contributed by atoms with van der Waals surface area (Å²) in [7, 11) is 0. The van der Waals surface area contributed by atoms with Gasteiger partial charge in [0.2, 0.25) is 12.0 Å². The Balaban J connectivity index is 2.11. The summed E-state index contributed by atoms with van der Waals surface area (Å²) < 4.78 is 5.34. The van der Waals surface area contributed by atoms with E-state index in [1.165, 1.54) is 6.08 Å². The Hall–Kier alpha value is -2.13. The standard InChI is InChI=1S/C13H14N2O3/c1-2-18-12-5-3-11(4-6-12)15-8-10(14-9-16)7-13(15)17/h3-6,10H,2,7-8H2,1H3. The van der Waals surface area contributed by atoms with Gasteiger partial charge in [0.1, 0.15) is 5.75 Å². The lowest BCUT2D eigenvalue weighted by Gasteiger charge is -2.16. The van der Waals surface area contributed by atoms with Crippen molar-refractivity contribution in [1.82, 2.24) is 0 Å². The molecule has 1 fully saturated rings. The van der Waals surface area contributed by atoms with Crippen molar-refractivity contribution in [2.24, 2.45) is 4.99 Å². The number of rotatable bonds is 4. The summed E-state index contributed by atoms with van der Waals surface area (Å²) in [6.45, 7) is 2.96. The zero-order valence-electron chi connectivity index (χ0n) is 10.1. The van der Waals surface area contributed by atoms with Crippen LogP contribution >= 0.6 is 0 Å². The minimum Gasteiger partial charge on any atom is -0.494 e. The fourth-order valence-corrected chi connectivity index (χ4v) is 1.99. The van der Waals surface area contributed by atoms with Gasteiger partial charge >= 0.3 is 0 Å². The lowest BCUT2D eigenvalue weighted by Crippen LogP contribution is -2.24. The highest BCUT2D eigenvalue weighted by atomic mass is 16.5. The number of carbonyl (C=O) groups is 1. The lowest BCUT2D eigenvalue weighted by molar-refractivity contribution is -0.117. The lowest BCUT2D eigenvalue weighted by atomic mass is 10.3. The van der Waals surface area contributed by atoms with Gasteiger partial charge < -0.3 is 9.64 Å². The summed E-state index contributed by atoms with van der Waals surface area (Å²) in [6, 6.07) is 7.03. The first-order valence-electron chi connectivity index (χ1n) is 5.84. The molecule has 1 heterocycles. The van der Waals surface area contributed by atoms with E-state index in [0.717, 1.165) is 11.4 Å². The van der Waals surface area contributed by atoms with Gasteiger partial charge in [-0.25, -0.2) is 9.79 Å². The first kappa shape index (κ1) is 12.3. The second kappa shape index (κ2) is 5.47. The number of carbonyl (C=O) groups excluding carboxylic acids is 2. The minimum absolute atomic E-state index is 0.0249. The van der Waals surface area contributed by atoms with Crippen molar-refractivity contribution in [3.63, 3.8) is 0 Å². The van der Waals surface area contributed by atoms with Gasteiger partial charge in [-0.05, 0) is 31.2 Å². The van der Waals surface area contributed by atoms with Crippen molar-refractivity contribution in [3.8, 4) is 5.75 Å². The maximum absolute atomic E-state index is 11.8. The van der Waals surface area contributed by atoms with Crippen LogP contribution in [0.4, 0.5) is 5.69 Å². The predicted octanol–water partition coefficient (Wildman–Crippen LogP) is 1.53. The van der Waals surface area contributed by atoms with Crippen LogP contribution in [0.2, 0.25) is 0 Å². The Bertz CT molecular complexity index is 478. The fraction of sp³-hybridized carbons (Fsp3) is 0.385. The van der Waals surface area contributed by atoms with Gasteiger partial charge in [0, 0.05) is 12.2 Å². The molecule has 1 aliphatic heterocycles. The van der Waals surface area contributed by atoms with Crippen LogP contribution in [0.5, 0.6) is 5.75 Å². The normalized spacial score (nSPS) is 18.6. The molecule has 5 heteroatoms. The van der Waals surface area contributed by atoms with Crippen molar-refractivity contribution >= 4 is 17.7 Å². The molecule has 0 aromatic heterocycles. The molecule has 0 radical (unpaired) electrons. The van der Waals surface area contributed by atoms with E-state index in [4.69, 9.17) is 4.74 Å². The second-order valence-electron chi connectivity index (χ2n) is 4.01. The third-order valence-corrected chi connectivity index (χ3v) is 2.80. The van der Waals surface area contributed by atoms with Gasteiger partial charge in [-0.15, -0.1) is 0 Å². The number of isocyanates is 1. The number of hydrogen-bond donors (Lipinski definition) is 0. The van der Waals surface area contributed by atoms with Crippen LogP contribution < -0.4 is 9.64 Å². The van der Waals surface area contributed by atoms with E-state index in [0.29, 0.717) is 13.2 Å². The van der Waals surface area contributed by atoms with E-state index in [2.05, 4.69) is 4.99 Å². The van der Waals surface area contributed by atoms with E-state index in [9.17, 15) is 9.59 Å². The zero-order valence-corrected chi connectivity index (χ0v) is 10.1. The number of amides is 1. The monoisotopic (exact) mass is 246 g/mol. The Morgan fingerprint density at radius 2 is 2.17 bits per heavy atom. The van der Waals surface area contributed by atoms with E-state index >= 15 is 0 Å². The Kier molecular flexibility index (Phi) is 3.75. The van der Waals surface area contributed by atoms with E-state index in [1.54, 1.807) is 4.90 Å². The highest BCUT2D eigenvalue weighted by Crippen LogP contribution is 2.25. The van der Waals surface area contributed by atoms with Crippen LogP contribution in [0.1, 0.15) is 13.3 Å². The molecule has 18 heavy (non-hydrogen) atoms. The Morgan fingerprint density at radius 3 is 2.78 bits per heavy atom.